The average molecular weight is 643 g/mol. The van der Waals surface area contributed by atoms with Crippen LogP contribution in [0.2, 0.25) is 0 Å². The van der Waals surface area contributed by atoms with E-state index >= 15 is 0 Å². The first-order valence-corrected chi connectivity index (χ1v) is 16.7. The van der Waals surface area contributed by atoms with E-state index in [0.717, 1.165) is 52.5 Å². The molecule has 0 spiro atoms. The van der Waals surface area contributed by atoms with Crippen LogP contribution < -0.4 is 16.0 Å². The summed E-state index contributed by atoms with van der Waals surface area (Å²) in [7, 11) is 0. The van der Waals surface area contributed by atoms with Crippen molar-refractivity contribution in [1.29, 1.82) is 5.26 Å². The van der Waals surface area contributed by atoms with E-state index in [1.807, 2.05) is 54.6 Å². The number of fused-ring (bicyclic) bond motifs is 2. The SMILES string of the molecule is N#Cc1c(NC(=O)CSc2cccc(NC(=O)/C(=C\c3cccc4ccccc34)NC(=O)c3ccccc3)c2)sc2c1CCCC2. The van der Waals surface area contributed by atoms with Gasteiger partial charge >= 0.3 is 0 Å². The molecular formula is C37H30N4O3S2. The highest BCUT2D eigenvalue weighted by molar-refractivity contribution is 8.00. The van der Waals surface area contributed by atoms with Crippen LogP contribution in [0.25, 0.3) is 16.8 Å². The number of carbonyl (C=O) groups excluding carboxylic acids is 3. The van der Waals surface area contributed by atoms with Crippen LogP contribution in [0, 0.1) is 11.3 Å². The van der Waals surface area contributed by atoms with Crippen LogP contribution in [-0.4, -0.2) is 23.5 Å². The van der Waals surface area contributed by atoms with E-state index < -0.39 is 11.8 Å². The molecule has 1 aliphatic carbocycles. The maximum atomic E-state index is 13.7. The van der Waals surface area contributed by atoms with Crippen molar-refractivity contribution in [2.24, 2.45) is 0 Å². The quantitative estimate of drug-likeness (QED) is 0.112. The summed E-state index contributed by atoms with van der Waals surface area (Å²) in [5.74, 6) is -0.936. The van der Waals surface area contributed by atoms with E-state index in [0.29, 0.717) is 21.8 Å². The van der Waals surface area contributed by atoms with Crippen molar-refractivity contribution in [3.8, 4) is 6.07 Å². The number of benzene rings is 4. The largest absolute Gasteiger partial charge is 0.321 e. The number of aryl methyl sites for hydroxylation is 1. The molecule has 7 nitrogen and oxygen atoms in total. The van der Waals surface area contributed by atoms with Gasteiger partial charge in [-0.15, -0.1) is 23.1 Å². The van der Waals surface area contributed by atoms with E-state index in [1.165, 1.54) is 28.0 Å². The molecule has 1 heterocycles. The van der Waals surface area contributed by atoms with E-state index in [2.05, 4.69) is 22.0 Å². The van der Waals surface area contributed by atoms with Gasteiger partial charge in [-0.3, -0.25) is 14.4 Å². The van der Waals surface area contributed by atoms with Gasteiger partial charge in [0.1, 0.15) is 16.8 Å². The van der Waals surface area contributed by atoms with Gasteiger partial charge in [-0.05, 0) is 84.0 Å². The molecule has 0 unspecified atom stereocenters. The first-order chi connectivity index (χ1) is 22.5. The van der Waals surface area contributed by atoms with Crippen molar-refractivity contribution >= 4 is 68.4 Å². The topological polar surface area (TPSA) is 111 Å². The summed E-state index contributed by atoms with van der Waals surface area (Å²) >= 11 is 2.84. The second-order valence-corrected chi connectivity index (χ2v) is 12.9. The van der Waals surface area contributed by atoms with Crippen LogP contribution >= 0.6 is 23.1 Å². The minimum atomic E-state index is -0.484. The van der Waals surface area contributed by atoms with Gasteiger partial charge in [0.05, 0.1) is 11.3 Å². The number of hydrogen-bond acceptors (Lipinski definition) is 6. The third kappa shape index (κ3) is 7.20. The molecule has 1 aromatic heterocycles. The Kier molecular flexibility index (Phi) is 9.58. The van der Waals surface area contributed by atoms with Crippen LogP contribution in [0.4, 0.5) is 10.7 Å². The second-order valence-electron chi connectivity index (χ2n) is 10.8. The van der Waals surface area contributed by atoms with Crippen molar-refractivity contribution in [3.05, 3.63) is 130 Å². The minimum absolute atomic E-state index is 0.0922. The Morgan fingerprint density at radius 2 is 1.63 bits per heavy atom. The molecule has 0 fully saturated rings. The summed E-state index contributed by atoms with van der Waals surface area (Å²) in [4.78, 5) is 41.6. The van der Waals surface area contributed by atoms with E-state index in [1.54, 1.807) is 48.5 Å². The van der Waals surface area contributed by atoms with Gasteiger partial charge in [-0.25, -0.2) is 0 Å². The van der Waals surface area contributed by atoms with Crippen molar-refractivity contribution in [1.82, 2.24) is 5.32 Å². The summed E-state index contributed by atoms with van der Waals surface area (Å²) in [6.07, 6.45) is 5.68. The number of thiophene rings is 1. The average Bonchev–Trinajstić information content (AvgIpc) is 3.44. The Labute approximate surface area is 275 Å². The monoisotopic (exact) mass is 642 g/mol. The lowest BCUT2D eigenvalue weighted by Crippen LogP contribution is -2.30. The standard InChI is InChI=1S/C37H30N4O3S2/c38-22-31-30-18-6-7-19-33(30)46-37(31)41-34(42)23-45-28-16-9-15-27(21-28)39-36(44)32(40-35(43)25-11-2-1-3-12-25)20-26-14-8-13-24-10-4-5-17-29(24)26/h1-5,8-17,20-21H,6-7,18-19,23H2,(H,39,44)(H,40,43)(H,41,42)/b32-20+. The van der Waals surface area contributed by atoms with Crippen LogP contribution in [-0.2, 0) is 22.4 Å². The first-order valence-electron chi connectivity index (χ1n) is 14.9. The third-order valence-electron chi connectivity index (χ3n) is 7.65. The maximum absolute atomic E-state index is 13.7. The molecule has 9 heteroatoms. The predicted octanol–water partition coefficient (Wildman–Crippen LogP) is 7.79. The molecule has 3 N–H and O–H groups in total. The van der Waals surface area contributed by atoms with Gasteiger partial charge < -0.3 is 16.0 Å². The Bertz CT molecular complexity index is 2010. The van der Waals surface area contributed by atoms with Crippen molar-refractivity contribution in [2.75, 3.05) is 16.4 Å². The fourth-order valence-corrected chi connectivity index (χ4v) is 7.43. The molecule has 0 atom stereocenters. The fraction of sp³-hybridized carbons (Fsp3) is 0.135. The summed E-state index contributed by atoms with van der Waals surface area (Å²) in [5, 5.41) is 20.9. The highest BCUT2D eigenvalue weighted by Gasteiger charge is 2.22. The molecule has 0 radical (unpaired) electrons. The molecule has 5 aromatic rings. The first kappa shape index (κ1) is 30.8. The zero-order valence-corrected chi connectivity index (χ0v) is 26.5. The molecule has 0 aliphatic heterocycles. The summed E-state index contributed by atoms with van der Waals surface area (Å²) < 4.78 is 0. The number of hydrogen-bond donors (Lipinski definition) is 3. The van der Waals surface area contributed by atoms with Gasteiger partial charge in [-0.2, -0.15) is 5.26 Å². The smallest absolute Gasteiger partial charge is 0.272 e. The molecule has 0 bridgehead atoms. The summed E-state index contributed by atoms with van der Waals surface area (Å²) in [5.41, 5.74) is 3.51. The summed E-state index contributed by atoms with van der Waals surface area (Å²) in [6.45, 7) is 0. The normalized spacial score (nSPS) is 12.5. The molecule has 6 rings (SSSR count). The third-order valence-corrected chi connectivity index (χ3v) is 9.85. The maximum Gasteiger partial charge on any atom is 0.272 e. The lowest BCUT2D eigenvalue weighted by Gasteiger charge is -2.13. The van der Waals surface area contributed by atoms with Crippen LogP contribution in [0.15, 0.2) is 108 Å². The predicted molar refractivity (Wildman–Crippen MR) is 186 cm³/mol. The molecule has 0 saturated carbocycles. The zero-order chi connectivity index (χ0) is 31.9. The Morgan fingerprint density at radius 3 is 2.48 bits per heavy atom. The van der Waals surface area contributed by atoms with E-state index in [9.17, 15) is 19.6 Å². The lowest BCUT2D eigenvalue weighted by molar-refractivity contribution is -0.114. The van der Waals surface area contributed by atoms with E-state index in [-0.39, 0.29) is 17.4 Å². The molecule has 0 saturated heterocycles. The van der Waals surface area contributed by atoms with Gasteiger partial charge in [0.25, 0.3) is 11.8 Å². The molecule has 4 aromatic carbocycles. The molecule has 1 aliphatic rings. The lowest BCUT2D eigenvalue weighted by atomic mass is 9.96. The number of thioether (sulfide) groups is 1. The Balaban J connectivity index is 1.17. The van der Waals surface area contributed by atoms with Gasteiger partial charge in [0, 0.05) is 21.0 Å². The van der Waals surface area contributed by atoms with Gasteiger partial charge in [0.2, 0.25) is 5.91 Å². The van der Waals surface area contributed by atoms with Crippen LogP contribution in [0.1, 0.15) is 44.8 Å². The summed E-state index contributed by atoms with van der Waals surface area (Å²) in [6, 6.07) is 31.9. The number of nitrogens with one attached hydrogen (secondary N) is 3. The van der Waals surface area contributed by atoms with Gasteiger partial charge in [0.15, 0.2) is 0 Å². The Hall–Kier alpha value is -5.17. The number of nitrogens with zero attached hydrogens (tertiary/aromatic N) is 1. The highest BCUT2D eigenvalue weighted by Crippen LogP contribution is 2.37. The fourth-order valence-electron chi connectivity index (χ4n) is 5.42. The van der Waals surface area contributed by atoms with Crippen molar-refractivity contribution in [2.45, 2.75) is 30.6 Å². The van der Waals surface area contributed by atoms with Crippen LogP contribution in [0.3, 0.4) is 0 Å². The molecule has 46 heavy (non-hydrogen) atoms. The minimum Gasteiger partial charge on any atom is -0.321 e. The second kappa shape index (κ2) is 14.3. The number of carbonyl (C=O) groups is 3. The molecular weight excluding hydrogens is 613 g/mol. The number of rotatable bonds is 9. The zero-order valence-electron chi connectivity index (χ0n) is 24.8. The number of nitriles is 1. The van der Waals surface area contributed by atoms with Crippen LogP contribution in [0.5, 0.6) is 0 Å². The highest BCUT2D eigenvalue weighted by atomic mass is 32.2. The van der Waals surface area contributed by atoms with E-state index in [4.69, 9.17) is 0 Å². The Morgan fingerprint density at radius 1 is 0.870 bits per heavy atom. The molecule has 228 valence electrons. The number of anilines is 2. The van der Waals surface area contributed by atoms with Crippen molar-refractivity contribution in [3.63, 3.8) is 0 Å². The van der Waals surface area contributed by atoms with Gasteiger partial charge in [-0.1, -0.05) is 66.7 Å². The molecule has 3 amide bonds. The van der Waals surface area contributed by atoms with Crippen molar-refractivity contribution < 1.29 is 14.4 Å². The number of amides is 3.